The van der Waals surface area contributed by atoms with Crippen molar-refractivity contribution in [3.8, 4) is 0 Å². The van der Waals surface area contributed by atoms with E-state index in [0.717, 1.165) is 5.01 Å². The van der Waals surface area contributed by atoms with E-state index in [4.69, 9.17) is 11.5 Å². The number of hydrogen-bond acceptors (Lipinski definition) is 6. The fraction of sp³-hybridized carbons (Fsp3) is 0.250. The Bertz CT molecular complexity index is 570. The van der Waals surface area contributed by atoms with Crippen LogP contribution in [0.1, 0.15) is 28.2 Å². The Hall–Kier alpha value is -2.15. The first-order chi connectivity index (χ1) is 9.08. The van der Waals surface area contributed by atoms with Gasteiger partial charge in [-0.25, -0.2) is 9.97 Å². The molecule has 0 saturated carbocycles. The third kappa shape index (κ3) is 3.19. The molecule has 5 N–H and O–H groups in total. The number of carbonyl (C=O) groups excluding carboxylic acids is 1. The molecule has 0 aliphatic heterocycles. The summed E-state index contributed by atoms with van der Waals surface area (Å²) in [5.74, 6) is 0.120. The van der Waals surface area contributed by atoms with E-state index in [-0.39, 0.29) is 5.92 Å². The Balaban J connectivity index is 2.09. The molecule has 0 aromatic carbocycles. The maximum absolute atomic E-state index is 11.3. The summed E-state index contributed by atoms with van der Waals surface area (Å²) < 4.78 is 0. The highest BCUT2D eigenvalue weighted by atomic mass is 32.1. The molecule has 19 heavy (non-hydrogen) atoms. The third-order valence-electron chi connectivity index (χ3n) is 2.62. The first-order valence-electron chi connectivity index (χ1n) is 5.76. The SMILES string of the molecule is CC(CNc1ncc(N)cc1C(N)=O)c1nccs1. The van der Waals surface area contributed by atoms with Gasteiger partial charge in [-0.1, -0.05) is 6.92 Å². The number of rotatable bonds is 5. The quantitative estimate of drug-likeness (QED) is 0.766. The van der Waals surface area contributed by atoms with Gasteiger partial charge >= 0.3 is 0 Å². The molecule has 1 atom stereocenters. The maximum Gasteiger partial charge on any atom is 0.252 e. The number of carbonyl (C=O) groups is 1. The molecule has 7 heteroatoms. The minimum atomic E-state index is -0.552. The average Bonchev–Trinajstić information content (AvgIpc) is 2.90. The van der Waals surface area contributed by atoms with E-state index >= 15 is 0 Å². The molecule has 0 spiro atoms. The number of thiazole rings is 1. The lowest BCUT2D eigenvalue weighted by atomic mass is 10.2. The predicted molar refractivity (Wildman–Crippen MR) is 76.2 cm³/mol. The zero-order chi connectivity index (χ0) is 13.8. The van der Waals surface area contributed by atoms with Crippen LogP contribution < -0.4 is 16.8 Å². The van der Waals surface area contributed by atoms with E-state index in [1.54, 1.807) is 17.5 Å². The maximum atomic E-state index is 11.3. The second-order valence-corrected chi connectivity index (χ2v) is 5.11. The minimum absolute atomic E-state index is 0.222. The van der Waals surface area contributed by atoms with Crippen LogP contribution in [0.2, 0.25) is 0 Å². The summed E-state index contributed by atoms with van der Waals surface area (Å²) in [6.07, 6.45) is 3.26. The third-order valence-corrected chi connectivity index (χ3v) is 3.63. The van der Waals surface area contributed by atoms with Crippen molar-refractivity contribution >= 4 is 28.7 Å². The lowest BCUT2D eigenvalue weighted by Gasteiger charge is -2.13. The standard InChI is InChI=1S/C12H15N5OS/c1-7(12-15-2-3-19-12)5-16-11-9(10(14)18)4-8(13)6-17-11/h2-4,6-7H,5,13H2,1H3,(H2,14,18)(H,16,17). The van der Waals surface area contributed by atoms with Gasteiger partial charge in [0.2, 0.25) is 0 Å². The Morgan fingerprint density at radius 2 is 2.32 bits per heavy atom. The predicted octanol–water partition coefficient (Wildman–Crippen LogP) is 1.43. The molecule has 100 valence electrons. The van der Waals surface area contributed by atoms with Crippen LogP contribution in [0.25, 0.3) is 0 Å². The van der Waals surface area contributed by atoms with Crippen LogP contribution in [0.15, 0.2) is 23.8 Å². The van der Waals surface area contributed by atoms with Gasteiger partial charge in [-0.15, -0.1) is 11.3 Å². The fourth-order valence-corrected chi connectivity index (χ4v) is 2.32. The monoisotopic (exact) mass is 277 g/mol. The van der Waals surface area contributed by atoms with Crippen LogP contribution in [-0.2, 0) is 0 Å². The molecule has 0 radical (unpaired) electrons. The Morgan fingerprint density at radius 3 is 2.95 bits per heavy atom. The molecule has 6 nitrogen and oxygen atoms in total. The molecule has 2 rings (SSSR count). The molecule has 0 aliphatic carbocycles. The van der Waals surface area contributed by atoms with Gasteiger partial charge in [-0.2, -0.15) is 0 Å². The average molecular weight is 277 g/mol. The van der Waals surface area contributed by atoms with Crippen molar-refractivity contribution in [2.75, 3.05) is 17.6 Å². The smallest absolute Gasteiger partial charge is 0.252 e. The molecule has 0 bridgehead atoms. The summed E-state index contributed by atoms with van der Waals surface area (Å²) >= 11 is 1.60. The Morgan fingerprint density at radius 1 is 1.53 bits per heavy atom. The Labute approximate surface area is 114 Å². The van der Waals surface area contributed by atoms with Crippen LogP contribution in [0.5, 0.6) is 0 Å². The summed E-state index contributed by atoms with van der Waals surface area (Å²) in [4.78, 5) is 19.7. The number of primary amides is 1. The highest BCUT2D eigenvalue weighted by Crippen LogP contribution is 2.20. The van der Waals surface area contributed by atoms with Gasteiger partial charge in [0.1, 0.15) is 5.82 Å². The molecule has 0 aliphatic rings. The van der Waals surface area contributed by atoms with Gasteiger partial charge in [0, 0.05) is 24.0 Å². The summed E-state index contributed by atoms with van der Waals surface area (Å²) in [6, 6.07) is 1.52. The van der Waals surface area contributed by atoms with Gasteiger partial charge in [0.15, 0.2) is 0 Å². The number of pyridine rings is 1. The normalized spacial score (nSPS) is 12.1. The van der Waals surface area contributed by atoms with E-state index in [0.29, 0.717) is 23.6 Å². The molecule has 0 saturated heterocycles. The lowest BCUT2D eigenvalue weighted by molar-refractivity contribution is 0.100. The van der Waals surface area contributed by atoms with E-state index in [1.807, 2.05) is 12.3 Å². The van der Waals surface area contributed by atoms with Crippen LogP contribution in [-0.4, -0.2) is 22.4 Å². The molecular formula is C12H15N5OS. The number of nitrogen functional groups attached to an aromatic ring is 1. The second-order valence-electron chi connectivity index (χ2n) is 4.18. The second kappa shape index (κ2) is 5.66. The number of nitrogens with one attached hydrogen (secondary N) is 1. The van der Waals surface area contributed by atoms with Gasteiger partial charge in [-0.3, -0.25) is 4.79 Å². The number of nitrogens with two attached hydrogens (primary N) is 2. The van der Waals surface area contributed by atoms with Gasteiger partial charge in [0.05, 0.1) is 22.5 Å². The van der Waals surface area contributed by atoms with Crippen LogP contribution in [0.4, 0.5) is 11.5 Å². The number of anilines is 2. The van der Waals surface area contributed by atoms with Crippen molar-refractivity contribution in [2.24, 2.45) is 5.73 Å². The van der Waals surface area contributed by atoms with Gasteiger partial charge < -0.3 is 16.8 Å². The van der Waals surface area contributed by atoms with Crippen molar-refractivity contribution in [3.05, 3.63) is 34.4 Å². The molecule has 2 heterocycles. The molecule has 1 unspecified atom stereocenters. The van der Waals surface area contributed by atoms with Crippen molar-refractivity contribution in [1.29, 1.82) is 0 Å². The van der Waals surface area contributed by atoms with Crippen molar-refractivity contribution in [1.82, 2.24) is 9.97 Å². The zero-order valence-electron chi connectivity index (χ0n) is 10.5. The van der Waals surface area contributed by atoms with E-state index < -0.39 is 5.91 Å². The van der Waals surface area contributed by atoms with Crippen molar-refractivity contribution < 1.29 is 4.79 Å². The van der Waals surface area contributed by atoms with Crippen molar-refractivity contribution in [2.45, 2.75) is 12.8 Å². The first kappa shape index (κ1) is 13.3. The number of nitrogens with zero attached hydrogens (tertiary/aromatic N) is 2. The summed E-state index contributed by atoms with van der Waals surface area (Å²) in [5, 5.41) is 6.07. The van der Waals surface area contributed by atoms with E-state index in [9.17, 15) is 4.79 Å². The minimum Gasteiger partial charge on any atom is -0.397 e. The number of hydrogen-bond donors (Lipinski definition) is 3. The van der Waals surface area contributed by atoms with Gasteiger partial charge in [0.25, 0.3) is 5.91 Å². The molecule has 2 aromatic heterocycles. The van der Waals surface area contributed by atoms with Crippen LogP contribution in [0, 0.1) is 0 Å². The first-order valence-corrected chi connectivity index (χ1v) is 6.64. The lowest BCUT2D eigenvalue weighted by Crippen LogP contribution is -2.18. The molecule has 2 aromatic rings. The number of amides is 1. The number of aromatic nitrogens is 2. The van der Waals surface area contributed by atoms with E-state index in [2.05, 4.69) is 15.3 Å². The van der Waals surface area contributed by atoms with Crippen LogP contribution >= 0.6 is 11.3 Å². The van der Waals surface area contributed by atoms with E-state index in [1.165, 1.54) is 12.3 Å². The van der Waals surface area contributed by atoms with Crippen LogP contribution in [0.3, 0.4) is 0 Å². The highest BCUT2D eigenvalue weighted by Gasteiger charge is 2.13. The summed E-state index contributed by atoms with van der Waals surface area (Å²) in [5.41, 5.74) is 11.6. The Kier molecular flexibility index (Phi) is 3.96. The largest absolute Gasteiger partial charge is 0.397 e. The highest BCUT2D eigenvalue weighted by molar-refractivity contribution is 7.09. The topological polar surface area (TPSA) is 107 Å². The molecular weight excluding hydrogens is 262 g/mol. The van der Waals surface area contributed by atoms with Gasteiger partial charge in [-0.05, 0) is 6.07 Å². The fourth-order valence-electron chi connectivity index (χ4n) is 1.62. The summed E-state index contributed by atoms with van der Waals surface area (Å²) in [7, 11) is 0. The zero-order valence-corrected chi connectivity index (χ0v) is 11.3. The van der Waals surface area contributed by atoms with Crippen molar-refractivity contribution in [3.63, 3.8) is 0 Å². The summed E-state index contributed by atoms with van der Waals surface area (Å²) in [6.45, 7) is 2.66. The molecule has 1 amide bonds. The molecule has 0 fully saturated rings.